The summed E-state index contributed by atoms with van der Waals surface area (Å²) >= 11 is 19.4. The Morgan fingerprint density at radius 3 is 2.47 bits per heavy atom. The lowest BCUT2D eigenvalue weighted by atomic mass is 10.2. The zero-order valence-corrected chi connectivity index (χ0v) is 25.8. The molecule has 0 spiro atoms. The Labute approximate surface area is 267 Å². The fourth-order valence-electron chi connectivity index (χ4n) is 3.97. The Balaban J connectivity index is 1.21. The normalized spacial score (nSPS) is 11.1. The molecule has 4 aromatic carbocycles. The van der Waals surface area contributed by atoms with Gasteiger partial charge in [0.1, 0.15) is 6.61 Å². The van der Waals surface area contributed by atoms with Gasteiger partial charge in [0, 0.05) is 16.3 Å². The number of carbonyl (C=O) groups excluding carboxylic acids is 1. The van der Waals surface area contributed by atoms with Gasteiger partial charge in [-0.05, 0) is 77.9 Å². The van der Waals surface area contributed by atoms with E-state index in [0.29, 0.717) is 43.1 Å². The Hall–Kier alpha value is -4.02. The van der Waals surface area contributed by atoms with Gasteiger partial charge in [0.05, 0.1) is 29.1 Å². The molecule has 1 amide bonds. The summed E-state index contributed by atoms with van der Waals surface area (Å²) in [6.45, 7) is 0.285. The topological polar surface area (TPSA) is 90.6 Å². The van der Waals surface area contributed by atoms with Crippen LogP contribution in [0.1, 0.15) is 11.1 Å². The summed E-state index contributed by atoms with van der Waals surface area (Å²) in [6, 6.07) is 27.7. The van der Waals surface area contributed by atoms with Crippen LogP contribution in [0.25, 0.3) is 17.1 Å². The highest BCUT2D eigenvalue weighted by Crippen LogP contribution is 2.30. The summed E-state index contributed by atoms with van der Waals surface area (Å²) in [5.41, 5.74) is 5.86. The number of halogens is 3. The monoisotopic (exact) mass is 651 g/mol. The van der Waals surface area contributed by atoms with E-state index in [2.05, 4.69) is 20.7 Å². The minimum atomic E-state index is -0.301. The van der Waals surface area contributed by atoms with Crippen molar-refractivity contribution in [2.24, 2.45) is 5.10 Å². The highest BCUT2D eigenvalue weighted by Gasteiger charge is 2.17. The van der Waals surface area contributed by atoms with Gasteiger partial charge < -0.3 is 9.47 Å². The Bertz CT molecular complexity index is 1750. The van der Waals surface area contributed by atoms with Crippen LogP contribution in [-0.4, -0.2) is 39.7 Å². The average Bonchev–Trinajstić information content (AvgIpc) is 3.45. The van der Waals surface area contributed by atoms with Crippen LogP contribution in [0, 0.1) is 0 Å². The van der Waals surface area contributed by atoms with Gasteiger partial charge in [0.15, 0.2) is 22.5 Å². The molecule has 0 unspecified atom stereocenters. The van der Waals surface area contributed by atoms with Gasteiger partial charge in [-0.1, -0.05) is 70.8 Å². The van der Waals surface area contributed by atoms with Gasteiger partial charge >= 0.3 is 0 Å². The van der Waals surface area contributed by atoms with Gasteiger partial charge in [0.2, 0.25) is 0 Å². The first-order valence-electron chi connectivity index (χ1n) is 12.9. The van der Waals surface area contributed by atoms with Crippen LogP contribution in [0.2, 0.25) is 15.1 Å². The third-order valence-corrected chi connectivity index (χ3v) is 7.97. The SMILES string of the molecule is COc1cc(/C=N\NC(=O)CSc2nnc(-c3ccc(Cl)cc3)n2-c2ccccc2)ccc1OCc1ccc(Cl)c(Cl)c1. The molecule has 5 rings (SSSR count). The van der Waals surface area contributed by atoms with Gasteiger partial charge in [0.25, 0.3) is 5.91 Å². The number of hydrazone groups is 1. The van der Waals surface area contributed by atoms with E-state index in [1.165, 1.54) is 18.0 Å². The number of carbonyl (C=O) groups is 1. The minimum absolute atomic E-state index is 0.0771. The molecular formula is C31H24Cl3N5O3S. The van der Waals surface area contributed by atoms with E-state index in [0.717, 1.165) is 16.8 Å². The predicted octanol–water partition coefficient (Wildman–Crippen LogP) is 7.72. The molecule has 1 aromatic heterocycles. The van der Waals surface area contributed by atoms with Gasteiger partial charge in [-0.25, -0.2) is 5.43 Å². The predicted molar refractivity (Wildman–Crippen MR) is 172 cm³/mol. The quantitative estimate of drug-likeness (QED) is 0.0893. The second kappa shape index (κ2) is 14.4. The molecule has 0 aliphatic heterocycles. The number of aromatic nitrogens is 3. The Morgan fingerprint density at radius 1 is 0.930 bits per heavy atom. The molecule has 43 heavy (non-hydrogen) atoms. The lowest BCUT2D eigenvalue weighted by Gasteiger charge is -2.12. The van der Waals surface area contributed by atoms with Crippen molar-refractivity contribution >= 4 is 58.7 Å². The number of para-hydroxylation sites is 1. The maximum atomic E-state index is 12.6. The molecule has 0 bridgehead atoms. The van der Waals surface area contributed by atoms with Crippen LogP contribution in [0.4, 0.5) is 0 Å². The molecule has 0 atom stereocenters. The van der Waals surface area contributed by atoms with E-state index < -0.39 is 0 Å². The number of benzene rings is 4. The van der Waals surface area contributed by atoms with E-state index in [4.69, 9.17) is 44.3 Å². The minimum Gasteiger partial charge on any atom is -0.493 e. The van der Waals surface area contributed by atoms with Crippen molar-refractivity contribution in [3.05, 3.63) is 117 Å². The van der Waals surface area contributed by atoms with Crippen molar-refractivity contribution < 1.29 is 14.3 Å². The van der Waals surface area contributed by atoms with Crippen molar-refractivity contribution in [2.75, 3.05) is 12.9 Å². The summed E-state index contributed by atoms with van der Waals surface area (Å²) in [5.74, 6) is 1.48. The van der Waals surface area contributed by atoms with Crippen molar-refractivity contribution in [2.45, 2.75) is 11.8 Å². The average molecular weight is 653 g/mol. The summed E-state index contributed by atoms with van der Waals surface area (Å²) in [4.78, 5) is 12.6. The molecule has 8 nitrogen and oxygen atoms in total. The molecule has 1 N–H and O–H groups in total. The standard InChI is InChI=1S/C31H24Cl3N5O3S/c1-41-28-16-20(8-14-27(28)42-18-21-7-13-25(33)26(34)15-21)17-35-36-29(40)19-43-31-38-37-30(22-9-11-23(32)12-10-22)39(31)24-5-3-2-4-6-24/h2-17H,18-19H2,1H3,(H,36,40)/b35-17-. The van der Waals surface area contributed by atoms with Crippen LogP contribution in [0.5, 0.6) is 11.5 Å². The lowest BCUT2D eigenvalue weighted by molar-refractivity contribution is -0.118. The number of rotatable bonds is 11. The molecule has 0 radical (unpaired) electrons. The van der Waals surface area contributed by atoms with Crippen LogP contribution >= 0.6 is 46.6 Å². The van der Waals surface area contributed by atoms with Crippen LogP contribution in [-0.2, 0) is 11.4 Å². The summed E-state index contributed by atoms with van der Waals surface area (Å²) in [7, 11) is 1.55. The molecule has 0 aliphatic rings. The fraction of sp³-hybridized carbons (Fsp3) is 0.0968. The van der Waals surface area contributed by atoms with Crippen LogP contribution < -0.4 is 14.9 Å². The smallest absolute Gasteiger partial charge is 0.250 e. The Morgan fingerprint density at radius 2 is 1.72 bits per heavy atom. The maximum Gasteiger partial charge on any atom is 0.250 e. The first kappa shape index (κ1) is 30.4. The number of thioether (sulfide) groups is 1. The molecule has 5 aromatic rings. The molecule has 218 valence electrons. The number of ether oxygens (including phenoxy) is 2. The second-order valence-electron chi connectivity index (χ2n) is 9.01. The molecule has 0 fully saturated rings. The Kier molecular flexibility index (Phi) is 10.2. The lowest BCUT2D eigenvalue weighted by Crippen LogP contribution is -2.20. The van der Waals surface area contributed by atoms with Crippen molar-refractivity contribution in [1.82, 2.24) is 20.2 Å². The van der Waals surface area contributed by atoms with Crippen LogP contribution in [0.15, 0.2) is 101 Å². The molecule has 1 heterocycles. The van der Waals surface area contributed by atoms with Crippen molar-refractivity contribution in [3.8, 4) is 28.6 Å². The molecule has 0 aliphatic carbocycles. The van der Waals surface area contributed by atoms with E-state index >= 15 is 0 Å². The summed E-state index contributed by atoms with van der Waals surface area (Å²) < 4.78 is 13.3. The third kappa shape index (κ3) is 7.88. The van der Waals surface area contributed by atoms with Gasteiger partial charge in [-0.3, -0.25) is 9.36 Å². The fourth-order valence-corrected chi connectivity index (χ4v) is 5.17. The number of nitrogens with one attached hydrogen (secondary N) is 1. The number of hydrogen-bond donors (Lipinski definition) is 1. The first-order chi connectivity index (χ1) is 20.9. The van der Waals surface area contributed by atoms with E-state index in [-0.39, 0.29) is 18.3 Å². The number of hydrogen-bond acceptors (Lipinski definition) is 7. The molecule has 0 saturated carbocycles. The van der Waals surface area contributed by atoms with Gasteiger partial charge in [-0.2, -0.15) is 5.10 Å². The zero-order chi connectivity index (χ0) is 30.2. The summed E-state index contributed by atoms with van der Waals surface area (Å²) in [6.07, 6.45) is 1.53. The van der Waals surface area contributed by atoms with Crippen LogP contribution in [0.3, 0.4) is 0 Å². The third-order valence-electron chi connectivity index (χ3n) is 6.05. The first-order valence-corrected chi connectivity index (χ1v) is 15.0. The van der Waals surface area contributed by atoms with Crippen molar-refractivity contribution in [1.29, 1.82) is 0 Å². The maximum absolute atomic E-state index is 12.6. The number of amides is 1. The highest BCUT2D eigenvalue weighted by molar-refractivity contribution is 7.99. The zero-order valence-electron chi connectivity index (χ0n) is 22.7. The molecular weight excluding hydrogens is 629 g/mol. The van der Waals surface area contributed by atoms with Crippen molar-refractivity contribution in [3.63, 3.8) is 0 Å². The number of nitrogens with zero attached hydrogens (tertiary/aromatic N) is 4. The highest BCUT2D eigenvalue weighted by atomic mass is 35.5. The number of methoxy groups -OCH3 is 1. The second-order valence-corrected chi connectivity index (χ2v) is 11.2. The van der Waals surface area contributed by atoms with Gasteiger partial charge in [-0.15, -0.1) is 10.2 Å². The van der Waals surface area contributed by atoms with E-state index in [9.17, 15) is 4.79 Å². The molecule has 0 saturated heterocycles. The van der Waals surface area contributed by atoms with E-state index in [1.807, 2.05) is 53.1 Å². The largest absolute Gasteiger partial charge is 0.493 e. The summed E-state index contributed by atoms with van der Waals surface area (Å²) in [5, 5.41) is 15.0. The van der Waals surface area contributed by atoms with E-state index in [1.54, 1.807) is 49.6 Å². The molecule has 12 heteroatoms.